The molecule has 5 atom stereocenters. The fourth-order valence-electron chi connectivity index (χ4n) is 8.59. The number of aromatic nitrogens is 4. The van der Waals surface area contributed by atoms with Crippen LogP contribution in [0, 0.1) is 5.92 Å². The molecule has 2 aliphatic heterocycles. The number of rotatable bonds is 13. The predicted molar refractivity (Wildman–Crippen MR) is 231 cm³/mol. The topological polar surface area (TPSA) is 178 Å². The largest absolute Gasteiger partial charge is 0.453 e. The molecule has 2 aliphatic rings. The van der Waals surface area contributed by atoms with Crippen LogP contribution in [0.15, 0.2) is 103 Å². The van der Waals surface area contributed by atoms with Gasteiger partial charge in [0.05, 0.1) is 49.0 Å². The molecule has 0 spiro atoms. The molecule has 61 heavy (non-hydrogen) atoms. The highest BCUT2D eigenvalue weighted by molar-refractivity contribution is 5.91. The quantitative estimate of drug-likeness (QED) is 0.0751. The molecule has 2 aromatic heterocycles. The van der Waals surface area contributed by atoms with Crippen molar-refractivity contribution in [3.8, 4) is 33.6 Å². The molecule has 8 rings (SSSR count). The SMILES string of the molecule is COC(=O)NC(C(=O)N1CCCC1c1ncc(-c2ccc3cc(-c4ccc(-c5cnc(C6CCCN6C(=O)C(NC(O)OC)C(C)C)[nH]5)cc4)ccc3c2)[nH]1)c1ccccc1. The standard InChI is InChI=1S/C47H52N8O6/c1-28(2)40(52-46(58)60-3)44(56)54-22-8-12-38(54)42-48-26-36(50-42)30-16-14-29(15-17-30)32-18-19-34-25-35(21-20-33(34)24-32)37-27-49-43(51-37)39-13-9-23-55(39)45(57)41(53-47(59)61-4)31-10-6-5-7-11-31/h5-7,10-11,14-21,24-28,38-41,46,52,58H,8-9,12-13,22-23H2,1-4H3,(H,48,50)(H,49,51)(H,53,59). The number of carbonyl (C=O) groups is 3. The number of amides is 3. The van der Waals surface area contributed by atoms with Crippen LogP contribution in [0.4, 0.5) is 4.79 Å². The molecule has 2 fully saturated rings. The molecule has 4 heterocycles. The fourth-order valence-corrected chi connectivity index (χ4v) is 8.59. The van der Waals surface area contributed by atoms with Crippen LogP contribution in [0.5, 0.6) is 0 Å². The summed E-state index contributed by atoms with van der Waals surface area (Å²) in [6.45, 7) is 5.07. The molecule has 14 heteroatoms. The van der Waals surface area contributed by atoms with Gasteiger partial charge in [-0.15, -0.1) is 0 Å². The molecule has 0 bridgehead atoms. The Labute approximate surface area is 354 Å². The first-order valence-corrected chi connectivity index (χ1v) is 20.8. The van der Waals surface area contributed by atoms with Gasteiger partial charge in [0, 0.05) is 25.8 Å². The Kier molecular flexibility index (Phi) is 12.3. The second-order valence-electron chi connectivity index (χ2n) is 16.1. The van der Waals surface area contributed by atoms with Crippen LogP contribution in [-0.2, 0) is 19.1 Å². The van der Waals surface area contributed by atoms with E-state index in [1.54, 1.807) is 4.90 Å². The van der Waals surface area contributed by atoms with Crippen molar-refractivity contribution < 1.29 is 29.0 Å². The molecule has 0 saturated carbocycles. The van der Waals surface area contributed by atoms with Gasteiger partial charge in [-0.05, 0) is 76.8 Å². The molecular formula is C47H52N8O6. The van der Waals surface area contributed by atoms with Crippen molar-refractivity contribution in [3.05, 3.63) is 121 Å². The molecule has 316 valence electrons. The zero-order chi connectivity index (χ0) is 42.6. The normalized spacial score (nSPS) is 18.1. The van der Waals surface area contributed by atoms with Crippen molar-refractivity contribution in [2.24, 2.45) is 5.92 Å². The van der Waals surface area contributed by atoms with Gasteiger partial charge >= 0.3 is 6.09 Å². The summed E-state index contributed by atoms with van der Waals surface area (Å²) in [6.07, 6.45) is 4.99. The second-order valence-corrected chi connectivity index (χ2v) is 16.1. The summed E-state index contributed by atoms with van der Waals surface area (Å²) in [7, 11) is 2.67. The lowest BCUT2D eigenvalue weighted by molar-refractivity contribution is -0.145. The summed E-state index contributed by atoms with van der Waals surface area (Å²) in [5.41, 5.74) is 6.57. The number of aromatic amines is 2. The monoisotopic (exact) mass is 824 g/mol. The first kappa shape index (κ1) is 41.4. The number of H-pyrrole nitrogens is 2. The number of carbonyl (C=O) groups excluding carboxylic acids is 3. The van der Waals surface area contributed by atoms with Crippen molar-refractivity contribution >= 4 is 28.7 Å². The molecular weight excluding hydrogens is 773 g/mol. The van der Waals surface area contributed by atoms with Crippen LogP contribution < -0.4 is 10.6 Å². The number of methoxy groups -OCH3 is 2. The van der Waals surface area contributed by atoms with Gasteiger partial charge in [-0.1, -0.05) is 92.7 Å². The van der Waals surface area contributed by atoms with Gasteiger partial charge in [0.2, 0.25) is 12.3 Å². The summed E-state index contributed by atoms with van der Waals surface area (Å²) >= 11 is 0. The van der Waals surface area contributed by atoms with Crippen molar-refractivity contribution in [3.63, 3.8) is 0 Å². The maximum atomic E-state index is 13.9. The lowest BCUT2D eigenvalue weighted by Crippen LogP contribution is -2.52. The fraction of sp³-hybridized carbons (Fsp3) is 0.340. The van der Waals surface area contributed by atoms with Gasteiger partial charge in [-0.2, -0.15) is 0 Å². The highest BCUT2D eigenvalue weighted by atomic mass is 16.6. The minimum atomic E-state index is -1.23. The van der Waals surface area contributed by atoms with Gasteiger partial charge in [0.25, 0.3) is 5.91 Å². The van der Waals surface area contributed by atoms with E-state index in [-0.39, 0.29) is 29.8 Å². The molecule has 14 nitrogen and oxygen atoms in total. The molecule has 3 amide bonds. The van der Waals surface area contributed by atoms with E-state index in [1.165, 1.54) is 14.2 Å². The van der Waals surface area contributed by atoms with Gasteiger partial charge in [-0.3, -0.25) is 14.9 Å². The number of hydrogen-bond acceptors (Lipinski definition) is 9. The molecule has 5 unspecified atom stereocenters. The Morgan fingerprint density at radius 3 is 1.85 bits per heavy atom. The number of nitrogens with zero attached hydrogens (tertiary/aromatic N) is 4. The Hall–Kier alpha value is -6.35. The lowest BCUT2D eigenvalue weighted by Gasteiger charge is -2.31. The number of nitrogens with one attached hydrogen (secondary N) is 4. The number of ether oxygens (including phenoxy) is 2. The molecule has 2 saturated heterocycles. The van der Waals surface area contributed by atoms with Gasteiger partial charge in [0.1, 0.15) is 17.7 Å². The zero-order valence-electron chi connectivity index (χ0n) is 34.8. The van der Waals surface area contributed by atoms with Gasteiger partial charge in [-0.25, -0.2) is 14.8 Å². The summed E-state index contributed by atoms with van der Waals surface area (Å²) < 4.78 is 9.80. The number of alkyl carbamates (subject to hydrolysis) is 1. The smallest absolute Gasteiger partial charge is 0.407 e. The Balaban J connectivity index is 0.942. The van der Waals surface area contributed by atoms with E-state index in [9.17, 15) is 19.5 Å². The summed E-state index contributed by atoms with van der Waals surface area (Å²) in [4.78, 5) is 59.9. The number of aliphatic hydroxyl groups excluding tert-OH is 1. The van der Waals surface area contributed by atoms with E-state index in [1.807, 2.05) is 61.5 Å². The van der Waals surface area contributed by atoms with Crippen molar-refractivity contribution in [2.45, 2.75) is 70.1 Å². The minimum Gasteiger partial charge on any atom is -0.453 e. The number of fused-ring (bicyclic) bond motifs is 1. The third-order valence-electron chi connectivity index (χ3n) is 11.9. The highest BCUT2D eigenvalue weighted by Crippen LogP contribution is 2.36. The van der Waals surface area contributed by atoms with Crippen molar-refractivity contribution in [1.82, 2.24) is 40.4 Å². The number of benzene rings is 4. The Morgan fingerprint density at radius 1 is 0.721 bits per heavy atom. The third kappa shape index (κ3) is 8.78. The first-order valence-electron chi connectivity index (χ1n) is 20.8. The van der Waals surface area contributed by atoms with E-state index in [0.29, 0.717) is 24.5 Å². The summed E-state index contributed by atoms with van der Waals surface area (Å²) in [6, 6.07) is 28.4. The van der Waals surface area contributed by atoms with Crippen molar-refractivity contribution in [2.75, 3.05) is 27.3 Å². The molecule has 0 radical (unpaired) electrons. The van der Waals surface area contributed by atoms with E-state index in [2.05, 4.69) is 81.3 Å². The van der Waals surface area contributed by atoms with Crippen LogP contribution in [0.2, 0.25) is 0 Å². The van der Waals surface area contributed by atoms with Crippen LogP contribution >= 0.6 is 0 Å². The summed E-state index contributed by atoms with van der Waals surface area (Å²) in [5.74, 6) is 1.12. The van der Waals surface area contributed by atoms with E-state index >= 15 is 0 Å². The van der Waals surface area contributed by atoms with Gasteiger partial charge < -0.3 is 39.7 Å². The first-order chi connectivity index (χ1) is 29.6. The number of aliphatic hydroxyl groups is 1. The third-order valence-corrected chi connectivity index (χ3v) is 11.9. The van der Waals surface area contributed by atoms with Crippen LogP contribution in [0.3, 0.4) is 0 Å². The average Bonchev–Trinajstić information content (AvgIpc) is 4.14. The lowest BCUT2D eigenvalue weighted by atomic mass is 9.98. The Bertz CT molecular complexity index is 2480. The van der Waals surface area contributed by atoms with E-state index in [0.717, 1.165) is 75.9 Å². The highest BCUT2D eigenvalue weighted by Gasteiger charge is 2.38. The second kappa shape index (κ2) is 18.1. The molecule has 4 aromatic carbocycles. The molecule has 6 aromatic rings. The van der Waals surface area contributed by atoms with Crippen LogP contribution in [0.1, 0.15) is 74.9 Å². The maximum Gasteiger partial charge on any atom is 0.407 e. The van der Waals surface area contributed by atoms with Gasteiger partial charge in [0.15, 0.2) is 0 Å². The van der Waals surface area contributed by atoms with Crippen molar-refractivity contribution in [1.29, 1.82) is 0 Å². The average molecular weight is 825 g/mol. The predicted octanol–water partition coefficient (Wildman–Crippen LogP) is 7.25. The summed E-state index contributed by atoms with van der Waals surface area (Å²) in [5, 5.41) is 17.8. The Morgan fingerprint density at radius 2 is 1.26 bits per heavy atom. The number of hydrogen-bond donors (Lipinski definition) is 5. The van der Waals surface area contributed by atoms with Crippen LogP contribution in [0.25, 0.3) is 44.4 Å². The zero-order valence-corrected chi connectivity index (χ0v) is 34.8. The minimum absolute atomic E-state index is 0.0462. The maximum absolute atomic E-state index is 13.9. The van der Waals surface area contributed by atoms with E-state index in [4.69, 9.17) is 19.4 Å². The molecule has 0 aliphatic carbocycles. The molecule has 5 N–H and O–H groups in total. The number of imidazole rings is 2. The van der Waals surface area contributed by atoms with Crippen LogP contribution in [-0.4, -0.2) is 92.5 Å². The number of likely N-dealkylation sites (tertiary alicyclic amines) is 2. The van der Waals surface area contributed by atoms with E-state index < -0.39 is 24.6 Å².